The molecule has 2 rings (SSSR count). The largest absolute Gasteiger partial charge is 0.344 e. The molecule has 0 fully saturated rings. The molecule has 1 N–H and O–H groups in total. The Labute approximate surface area is 106 Å². The molecule has 0 aliphatic rings. The van der Waals surface area contributed by atoms with E-state index in [1.54, 1.807) is 0 Å². The first-order valence-electron chi connectivity index (χ1n) is 5.03. The summed E-state index contributed by atoms with van der Waals surface area (Å²) < 4.78 is 0. The number of nitrogens with zero attached hydrogens (tertiary/aromatic N) is 4. The summed E-state index contributed by atoms with van der Waals surface area (Å²) in [6.07, 6.45) is 4.83. The second-order valence-corrected chi connectivity index (χ2v) is 3.43. The van der Waals surface area contributed by atoms with Gasteiger partial charge in [0.2, 0.25) is 0 Å². The molecule has 0 unspecified atom stereocenters. The van der Waals surface area contributed by atoms with E-state index in [2.05, 4.69) is 15.3 Å². The molecule has 2 aromatic rings. The second kappa shape index (κ2) is 5.04. The summed E-state index contributed by atoms with van der Waals surface area (Å²) in [5.74, 6) is 0. The molecule has 0 saturated carbocycles. The maximum Gasteiger partial charge on any atom is 0.317 e. The van der Waals surface area contributed by atoms with Crippen molar-refractivity contribution in [1.82, 2.24) is 9.97 Å². The third-order valence-electron chi connectivity index (χ3n) is 2.25. The molecule has 0 spiro atoms. The fraction of sp³-hybridized carbons (Fsp3) is 0. The van der Waals surface area contributed by atoms with Crippen LogP contribution in [0, 0.1) is 20.2 Å². The Hall–Kier alpha value is -3.10. The number of anilines is 2. The predicted molar refractivity (Wildman–Crippen MR) is 65.1 cm³/mol. The molecule has 0 atom stereocenters. The van der Waals surface area contributed by atoms with Gasteiger partial charge >= 0.3 is 11.4 Å². The van der Waals surface area contributed by atoms with Gasteiger partial charge in [0.05, 0.1) is 9.85 Å². The van der Waals surface area contributed by atoms with Gasteiger partial charge in [0.15, 0.2) is 5.69 Å². The maximum absolute atomic E-state index is 10.9. The monoisotopic (exact) mass is 261 g/mol. The molecule has 0 bridgehead atoms. The Morgan fingerprint density at radius 3 is 1.95 bits per heavy atom. The van der Waals surface area contributed by atoms with Crippen LogP contribution in [0.15, 0.2) is 36.9 Å². The fourth-order valence-electron chi connectivity index (χ4n) is 1.42. The van der Waals surface area contributed by atoms with Crippen LogP contribution in [0.2, 0.25) is 0 Å². The van der Waals surface area contributed by atoms with Crippen molar-refractivity contribution in [2.24, 2.45) is 0 Å². The van der Waals surface area contributed by atoms with Crippen molar-refractivity contribution in [2.45, 2.75) is 0 Å². The summed E-state index contributed by atoms with van der Waals surface area (Å²) in [4.78, 5) is 27.6. The topological polar surface area (TPSA) is 124 Å². The van der Waals surface area contributed by atoms with E-state index in [0.717, 1.165) is 12.4 Å². The van der Waals surface area contributed by atoms with E-state index in [1.807, 2.05) is 0 Å². The Morgan fingerprint density at radius 1 is 0.947 bits per heavy atom. The third-order valence-corrected chi connectivity index (χ3v) is 2.25. The summed E-state index contributed by atoms with van der Waals surface area (Å²) in [5.41, 5.74) is -0.694. The standard InChI is InChI=1S/C10H7N5O4/c16-14(17)8-5-12-6-9(15(18)19)10(8)13-7-1-3-11-4-2-7/h1-6H,(H,11,12,13). The molecule has 2 aromatic heterocycles. The molecule has 9 nitrogen and oxygen atoms in total. The molecule has 96 valence electrons. The molecule has 2 heterocycles. The zero-order valence-electron chi connectivity index (χ0n) is 9.39. The van der Waals surface area contributed by atoms with Crippen LogP contribution in [0.4, 0.5) is 22.7 Å². The Kier molecular flexibility index (Phi) is 3.28. The zero-order chi connectivity index (χ0) is 13.8. The van der Waals surface area contributed by atoms with Crippen LogP contribution in [0.25, 0.3) is 0 Å². The summed E-state index contributed by atoms with van der Waals surface area (Å²) in [6.45, 7) is 0. The Balaban J connectivity index is 2.52. The van der Waals surface area contributed by atoms with Gasteiger partial charge in [-0.1, -0.05) is 0 Å². The fourth-order valence-corrected chi connectivity index (χ4v) is 1.42. The smallest absolute Gasteiger partial charge is 0.317 e. The number of aromatic nitrogens is 2. The lowest BCUT2D eigenvalue weighted by Crippen LogP contribution is -2.02. The van der Waals surface area contributed by atoms with Gasteiger partial charge in [0.1, 0.15) is 12.4 Å². The first-order valence-corrected chi connectivity index (χ1v) is 5.03. The Morgan fingerprint density at radius 2 is 1.47 bits per heavy atom. The van der Waals surface area contributed by atoms with Gasteiger partial charge in [0.25, 0.3) is 0 Å². The molecule has 0 amide bonds. The van der Waals surface area contributed by atoms with Crippen molar-refractivity contribution in [3.63, 3.8) is 0 Å². The van der Waals surface area contributed by atoms with Gasteiger partial charge in [-0.3, -0.25) is 30.2 Å². The molecule has 0 aliphatic carbocycles. The van der Waals surface area contributed by atoms with Gasteiger partial charge in [-0.05, 0) is 12.1 Å². The van der Waals surface area contributed by atoms with E-state index in [4.69, 9.17) is 0 Å². The van der Waals surface area contributed by atoms with E-state index >= 15 is 0 Å². The van der Waals surface area contributed by atoms with E-state index in [0.29, 0.717) is 5.69 Å². The minimum atomic E-state index is -0.733. The molecule has 0 radical (unpaired) electrons. The van der Waals surface area contributed by atoms with E-state index < -0.39 is 21.2 Å². The van der Waals surface area contributed by atoms with Crippen LogP contribution in [-0.4, -0.2) is 19.8 Å². The first kappa shape index (κ1) is 12.4. The number of nitro groups is 2. The third kappa shape index (κ3) is 2.60. The average molecular weight is 261 g/mol. The molecule has 0 saturated heterocycles. The van der Waals surface area contributed by atoms with E-state index in [-0.39, 0.29) is 5.69 Å². The summed E-state index contributed by atoms with van der Waals surface area (Å²) >= 11 is 0. The van der Waals surface area contributed by atoms with Crippen LogP contribution in [0.3, 0.4) is 0 Å². The maximum atomic E-state index is 10.9. The van der Waals surface area contributed by atoms with Gasteiger partial charge in [-0.15, -0.1) is 0 Å². The van der Waals surface area contributed by atoms with E-state index in [1.165, 1.54) is 24.5 Å². The molecule has 0 aromatic carbocycles. The first-order chi connectivity index (χ1) is 9.09. The summed E-state index contributed by atoms with van der Waals surface area (Å²) in [7, 11) is 0. The molecule has 9 heteroatoms. The molecule has 19 heavy (non-hydrogen) atoms. The van der Waals surface area contributed by atoms with Crippen LogP contribution in [-0.2, 0) is 0 Å². The number of hydrogen-bond donors (Lipinski definition) is 1. The lowest BCUT2D eigenvalue weighted by molar-refractivity contribution is -0.392. The van der Waals surface area contributed by atoms with Gasteiger partial charge in [-0.2, -0.15) is 0 Å². The summed E-state index contributed by atoms with van der Waals surface area (Å²) in [5, 5.41) is 24.4. The highest BCUT2D eigenvalue weighted by Gasteiger charge is 2.25. The van der Waals surface area contributed by atoms with E-state index in [9.17, 15) is 20.2 Å². The van der Waals surface area contributed by atoms with Crippen LogP contribution in [0.5, 0.6) is 0 Å². The van der Waals surface area contributed by atoms with Gasteiger partial charge < -0.3 is 5.32 Å². The normalized spacial score (nSPS) is 9.89. The lowest BCUT2D eigenvalue weighted by Gasteiger charge is -2.06. The van der Waals surface area contributed by atoms with Gasteiger partial charge in [0, 0.05) is 18.1 Å². The lowest BCUT2D eigenvalue weighted by atomic mass is 10.3. The van der Waals surface area contributed by atoms with Crippen molar-refractivity contribution in [3.05, 3.63) is 57.1 Å². The van der Waals surface area contributed by atoms with Gasteiger partial charge in [-0.25, -0.2) is 0 Å². The minimum Gasteiger partial charge on any atom is -0.344 e. The Bertz CT molecular complexity index is 599. The quantitative estimate of drug-likeness (QED) is 0.659. The number of pyridine rings is 2. The second-order valence-electron chi connectivity index (χ2n) is 3.43. The molecular formula is C10H7N5O4. The number of hydrogen-bond acceptors (Lipinski definition) is 7. The highest BCUT2D eigenvalue weighted by Crippen LogP contribution is 2.34. The SMILES string of the molecule is O=[N+]([O-])c1cncc([N+](=O)[O-])c1Nc1ccncc1. The minimum absolute atomic E-state index is 0.212. The summed E-state index contributed by atoms with van der Waals surface area (Å²) in [6, 6.07) is 3.07. The molecule has 0 aliphatic heterocycles. The highest BCUT2D eigenvalue weighted by molar-refractivity contribution is 5.77. The van der Waals surface area contributed by atoms with Crippen molar-refractivity contribution in [2.75, 3.05) is 5.32 Å². The number of nitrogens with one attached hydrogen (secondary N) is 1. The van der Waals surface area contributed by atoms with Crippen molar-refractivity contribution < 1.29 is 9.85 Å². The van der Waals surface area contributed by atoms with Crippen LogP contribution < -0.4 is 5.32 Å². The van der Waals surface area contributed by atoms with Crippen LogP contribution in [0.1, 0.15) is 0 Å². The van der Waals surface area contributed by atoms with Crippen molar-refractivity contribution in [1.29, 1.82) is 0 Å². The predicted octanol–water partition coefficient (Wildman–Crippen LogP) is 2.04. The van der Waals surface area contributed by atoms with Crippen molar-refractivity contribution in [3.8, 4) is 0 Å². The average Bonchev–Trinajstić information content (AvgIpc) is 2.39. The van der Waals surface area contributed by atoms with Crippen molar-refractivity contribution >= 4 is 22.7 Å². The molecular weight excluding hydrogens is 254 g/mol. The zero-order valence-corrected chi connectivity index (χ0v) is 9.39. The van der Waals surface area contributed by atoms with Crippen LogP contribution >= 0.6 is 0 Å². The number of rotatable bonds is 4. The highest BCUT2D eigenvalue weighted by atomic mass is 16.6.